The van der Waals surface area contributed by atoms with E-state index >= 15 is 0 Å². The molecule has 0 N–H and O–H groups in total. The van der Waals surface area contributed by atoms with Gasteiger partial charge in [0.25, 0.3) is 0 Å². The van der Waals surface area contributed by atoms with Gasteiger partial charge in [-0.1, -0.05) is 249 Å². The molecule has 0 heterocycles. The third-order valence-corrected chi connectivity index (χ3v) is 15.3. The maximum atomic E-state index is 2.52. The molecule has 13 aromatic carbocycles. The summed E-state index contributed by atoms with van der Waals surface area (Å²) in [5.41, 5.74) is 17.5. The van der Waals surface area contributed by atoms with Gasteiger partial charge in [0.1, 0.15) is 0 Å². The lowest BCUT2D eigenvalue weighted by molar-refractivity contribution is 0.768. The van der Waals surface area contributed by atoms with Gasteiger partial charge >= 0.3 is 0 Å². The SMILES string of the molecule is c1ccc(-c2c(-c3ccccc3)c3cc(N(c4ccc(-c5cc6ccccc6c6ccccc56)cc4)c4cccc5c4-c4ccccc4C5(c4ccccc4)c4ccccc4)ccc3c3ccccc23)cc1. The van der Waals surface area contributed by atoms with Crippen LogP contribution in [0, 0.1) is 0 Å². The molecule has 72 heavy (non-hydrogen) atoms. The topological polar surface area (TPSA) is 3.24 Å². The van der Waals surface area contributed by atoms with Crippen LogP contribution in [0.3, 0.4) is 0 Å². The summed E-state index contributed by atoms with van der Waals surface area (Å²) in [5, 5.41) is 9.94. The summed E-state index contributed by atoms with van der Waals surface area (Å²) in [7, 11) is 0. The van der Waals surface area contributed by atoms with E-state index < -0.39 is 5.41 Å². The lowest BCUT2D eigenvalue weighted by Gasteiger charge is -2.34. The first-order valence-electron chi connectivity index (χ1n) is 25.0. The van der Waals surface area contributed by atoms with Crippen LogP contribution in [0.4, 0.5) is 17.1 Å². The third-order valence-electron chi connectivity index (χ3n) is 15.3. The average Bonchev–Trinajstić information content (AvgIpc) is 3.77. The second-order valence-electron chi connectivity index (χ2n) is 19.1. The molecule has 1 nitrogen and oxygen atoms in total. The smallest absolute Gasteiger partial charge is 0.0714 e. The van der Waals surface area contributed by atoms with E-state index in [1.165, 1.54) is 110 Å². The van der Waals surface area contributed by atoms with Crippen LogP contribution < -0.4 is 4.90 Å². The number of nitrogens with zero attached hydrogens (tertiary/aromatic N) is 1. The Labute approximate surface area is 420 Å². The molecule has 14 rings (SSSR count). The standard InChI is InChI=1S/C71H47N/c1-5-22-49(23-6-1)68-61-35-18-17-33-58(61)60-45-44-55(47-64(60)69(68)50-24-7-2-8-25-50)72(54-42-40-48(41-43-54)63-46-51-26-13-14-31-56(51)57-32-15-16-34-59(57)63)67-39-21-38-66-70(67)62-36-19-20-37-65(62)71(66,52-27-9-3-10-28-52)53-29-11-4-12-30-53/h1-47H. The Morgan fingerprint density at radius 1 is 0.250 bits per heavy atom. The summed E-state index contributed by atoms with van der Waals surface area (Å²) in [4.78, 5) is 2.52. The highest BCUT2D eigenvalue weighted by molar-refractivity contribution is 6.22. The quantitative estimate of drug-likeness (QED) is 0.137. The van der Waals surface area contributed by atoms with E-state index in [0.29, 0.717) is 0 Å². The molecule has 1 aliphatic carbocycles. The monoisotopic (exact) mass is 913 g/mol. The van der Waals surface area contributed by atoms with Gasteiger partial charge in [0.2, 0.25) is 0 Å². The predicted octanol–water partition coefficient (Wildman–Crippen LogP) is 19.1. The zero-order valence-corrected chi connectivity index (χ0v) is 39.6. The highest BCUT2D eigenvalue weighted by Gasteiger charge is 2.47. The first-order valence-corrected chi connectivity index (χ1v) is 25.0. The van der Waals surface area contributed by atoms with Crippen molar-refractivity contribution in [3.63, 3.8) is 0 Å². The molecule has 0 unspecified atom stereocenters. The van der Waals surface area contributed by atoms with Crippen molar-refractivity contribution < 1.29 is 0 Å². The summed E-state index contributed by atoms with van der Waals surface area (Å²) in [5.74, 6) is 0. The van der Waals surface area contributed by atoms with Crippen molar-refractivity contribution in [3.05, 3.63) is 307 Å². The van der Waals surface area contributed by atoms with Crippen molar-refractivity contribution in [1.29, 1.82) is 0 Å². The molecule has 0 aromatic heterocycles. The zero-order valence-electron chi connectivity index (χ0n) is 39.6. The van der Waals surface area contributed by atoms with Gasteiger partial charge in [0.15, 0.2) is 0 Å². The molecule has 0 saturated carbocycles. The summed E-state index contributed by atoms with van der Waals surface area (Å²) < 4.78 is 0. The Kier molecular flexibility index (Phi) is 9.82. The molecular formula is C71H47N. The van der Waals surface area contributed by atoms with Crippen LogP contribution in [0.5, 0.6) is 0 Å². The number of fused-ring (bicyclic) bond motifs is 9. The fourth-order valence-electron chi connectivity index (χ4n) is 12.3. The van der Waals surface area contributed by atoms with Crippen LogP contribution in [-0.4, -0.2) is 0 Å². The minimum atomic E-state index is -0.551. The number of hydrogen-bond donors (Lipinski definition) is 0. The molecule has 0 bridgehead atoms. The van der Waals surface area contributed by atoms with Crippen molar-refractivity contribution in [3.8, 4) is 44.5 Å². The highest BCUT2D eigenvalue weighted by atomic mass is 15.1. The summed E-state index contributed by atoms with van der Waals surface area (Å²) in [6.07, 6.45) is 0. The van der Waals surface area contributed by atoms with Crippen LogP contribution in [0.15, 0.2) is 285 Å². The van der Waals surface area contributed by atoms with Gasteiger partial charge in [-0.3, -0.25) is 0 Å². The van der Waals surface area contributed by atoms with Gasteiger partial charge in [0.05, 0.1) is 11.1 Å². The Bertz CT molecular complexity index is 4140. The highest BCUT2D eigenvalue weighted by Crippen LogP contribution is 2.60. The lowest BCUT2D eigenvalue weighted by atomic mass is 9.68. The molecule has 0 radical (unpaired) electrons. The molecule has 13 aromatic rings. The van der Waals surface area contributed by atoms with Crippen molar-refractivity contribution >= 4 is 60.2 Å². The van der Waals surface area contributed by atoms with Gasteiger partial charge in [-0.2, -0.15) is 0 Å². The van der Waals surface area contributed by atoms with E-state index in [1.54, 1.807) is 0 Å². The minimum absolute atomic E-state index is 0.551. The first-order chi connectivity index (χ1) is 35.8. The van der Waals surface area contributed by atoms with E-state index in [0.717, 1.165) is 17.1 Å². The molecule has 336 valence electrons. The van der Waals surface area contributed by atoms with Gasteiger partial charge < -0.3 is 4.90 Å². The fourth-order valence-corrected chi connectivity index (χ4v) is 12.3. The second-order valence-corrected chi connectivity index (χ2v) is 19.1. The summed E-state index contributed by atoms with van der Waals surface area (Å²) >= 11 is 0. The van der Waals surface area contributed by atoms with E-state index in [4.69, 9.17) is 0 Å². The molecular weight excluding hydrogens is 867 g/mol. The normalized spacial score (nSPS) is 12.6. The second kappa shape index (κ2) is 17.0. The Hall–Kier alpha value is -9.30. The van der Waals surface area contributed by atoms with Gasteiger partial charge in [0, 0.05) is 16.9 Å². The zero-order chi connectivity index (χ0) is 47.6. The third kappa shape index (κ3) is 6.41. The van der Waals surface area contributed by atoms with Gasteiger partial charge in [-0.25, -0.2) is 0 Å². The first kappa shape index (κ1) is 41.7. The lowest BCUT2D eigenvalue weighted by Crippen LogP contribution is -2.28. The van der Waals surface area contributed by atoms with Gasteiger partial charge in [-0.15, -0.1) is 0 Å². The molecule has 1 aliphatic rings. The largest absolute Gasteiger partial charge is 0.310 e. The Morgan fingerprint density at radius 3 is 1.40 bits per heavy atom. The Balaban J connectivity index is 1.07. The van der Waals surface area contributed by atoms with Gasteiger partial charge in [-0.05, 0) is 141 Å². The molecule has 0 fully saturated rings. The number of benzene rings is 13. The molecule has 1 heteroatoms. The molecule has 0 saturated heterocycles. The van der Waals surface area contributed by atoms with Crippen LogP contribution in [0.2, 0.25) is 0 Å². The van der Waals surface area contributed by atoms with Crippen molar-refractivity contribution in [2.45, 2.75) is 5.41 Å². The molecule has 0 spiro atoms. The van der Waals surface area contributed by atoms with Crippen LogP contribution >= 0.6 is 0 Å². The summed E-state index contributed by atoms with van der Waals surface area (Å²) in [6.45, 7) is 0. The van der Waals surface area contributed by atoms with Crippen LogP contribution in [0.1, 0.15) is 22.3 Å². The maximum absolute atomic E-state index is 2.52. The molecule has 0 amide bonds. The van der Waals surface area contributed by atoms with E-state index in [2.05, 4.69) is 290 Å². The summed E-state index contributed by atoms with van der Waals surface area (Å²) in [6, 6.07) is 106. The average molecular weight is 914 g/mol. The maximum Gasteiger partial charge on any atom is 0.0714 e. The van der Waals surface area contributed by atoms with Crippen LogP contribution in [-0.2, 0) is 5.41 Å². The number of anilines is 3. The van der Waals surface area contributed by atoms with Crippen molar-refractivity contribution in [2.75, 3.05) is 4.90 Å². The fraction of sp³-hybridized carbons (Fsp3) is 0.0141. The van der Waals surface area contributed by atoms with E-state index in [1.807, 2.05) is 0 Å². The molecule has 0 atom stereocenters. The van der Waals surface area contributed by atoms with E-state index in [9.17, 15) is 0 Å². The molecule has 0 aliphatic heterocycles. The predicted molar refractivity (Wildman–Crippen MR) is 305 cm³/mol. The number of rotatable bonds is 8. The Morgan fingerprint density at radius 2 is 0.736 bits per heavy atom. The van der Waals surface area contributed by atoms with Crippen LogP contribution in [0.25, 0.3) is 87.6 Å². The van der Waals surface area contributed by atoms with Crippen molar-refractivity contribution in [2.24, 2.45) is 0 Å². The van der Waals surface area contributed by atoms with E-state index in [-0.39, 0.29) is 0 Å². The minimum Gasteiger partial charge on any atom is -0.310 e. The number of hydrogen-bond acceptors (Lipinski definition) is 1. The van der Waals surface area contributed by atoms with Crippen molar-refractivity contribution in [1.82, 2.24) is 0 Å².